The number of nitrogens with two attached hydrogens (primary N) is 1. The van der Waals surface area contributed by atoms with Crippen LogP contribution < -0.4 is 15.2 Å². The summed E-state index contributed by atoms with van der Waals surface area (Å²) in [6.07, 6.45) is 1.55. The van der Waals surface area contributed by atoms with Gasteiger partial charge in [-0.2, -0.15) is 8.42 Å². The number of hydrogen-bond acceptors (Lipinski definition) is 9. The summed E-state index contributed by atoms with van der Waals surface area (Å²) in [7, 11) is -0.581. The number of carbonyl (C=O) groups excluding carboxylic acids is 1. The number of nitrogens with zero attached hydrogens (tertiary/aromatic N) is 3. The van der Waals surface area contributed by atoms with E-state index in [-0.39, 0.29) is 30.6 Å². The van der Waals surface area contributed by atoms with Gasteiger partial charge in [0.1, 0.15) is 18.2 Å². The number of rotatable bonds is 8. The molecule has 11 nitrogen and oxygen atoms in total. The van der Waals surface area contributed by atoms with Crippen LogP contribution in [0.5, 0.6) is 5.88 Å². The van der Waals surface area contributed by atoms with Crippen molar-refractivity contribution in [2.24, 2.45) is 17.0 Å². The average Bonchev–Trinajstić information content (AvgIpc) is 3.31. The molecule has 1 fully saturated rings. The van der Waals surface area contributed by atoms with Crippen LogP contribution >= 0.6 is 0 Å². The van der Waals surface area contributed by atoms with Crippen LogP contribution in [-0.4, -0.2) is 67.2 Å². The Kier molecular flexibility index (Phi) is 7.03. The first kappa shape index (κ1) is 24.3. The number of aliphatic hydroxyl groups excluding tert-OH is 1. The highest BCUT2D eigenvalue weighted by atomic mass is 32.2. The molecule has 2 aliphatic carbocycles. The molecule has 1 saturated carbocycles. The summed E-state index contributed by atoms with van der Waals surface area (Å²) < 4.78 is 32.6. The number of benzene rings is 1. The molecule has 2 aliphatic rings. The first-order valence-corrected chi connectivity index (χ1v) is 12.5. The van der Waals surface area contributed by atoms with E-state index in [0.717, 1.165) is 11.1 Å². The third kappa shape index (κ3) is 5.63. The highest BCUT2D eigenvalue weighted by molar-refractivity contribution is 7.84. The molecule has 1 heterocycles. The lowest BCUT2D eigenvalue weighted by molar-refractivity contribution is -0.133. The number of aliphatic hydroxyl groups is 1. The molecule has 34 heavy (non-hydrogen) atoms. The van der Waals surface area contributed by atoms with Crippen LogP contribution in [0.3, 0.4) is 0 Å². The van der Waals surface area contributed by atoms with E-state index < -0.39 is 22.3 Å². The second kappa shape index (κ2) is 9.82. The van der Waals surface area contributed by atoms with Gasteiger partial charge in [-0.15, -0.1) is 0 Å². The summed E-state index contributed by atoms with van der Waals surface area (Å²) in [4.78, 5) is 22.9. The minimum Gasteiger partial charge on any atom is -0.474 e. The zero-order valence-corrected chi connectivity index (χ0v) is 19.8. The Hall–Kier alpha value is -2.80. The summed E-state index contributed by atoms with van der Waals surface area (Å²) in [5.74, 6) is 0.166. The Morgan fingerprint density at radius 3 is 2.76 bits per heavy atom. The number of fused-ring (bicyclic) bond motifs is 1. The second-order valence-electron chi connectivity index (χ2n) is 8.92. The summed E-state index contributed by atoms with van der Waals surface area (Å²) in [5, 5.41) is 18.5. The van der Waals surface area contributed by atoms with Crippen molar-refractivity contribution in [1.29, 1.82) is 0 Å². The lowest BCUT2D eigenvalue weighted by atomic mass is 9.99. The Morgan fingerprint density at radius 2 is 2.03 bits per heavy atom. The SMILES string of the molecule is CN(C)C(=O)[C@H]1Cc2ccccc2[C@H]1Nc1cc(O[C@@H]2C[C@@H](COS(N)(=O)=O)[C@@H](O)C2)ncn1. The van der Waals surface area contributed by atoms with Gasteiger partial charge >= 0.3 is 10.3 Å². The largest absolute Gasteiger partial charge is 0.474 e. The zero-order valence-electron chi connectivity index (χ0n) is 19.0. The van der Waals surface area contributed by atoms with Gasteiger partial charge in [-0.3, -0.25) is 8.98 Å². The van der Waals surface area contributed by atoms with Crippen molar-refractivity contribution in [1.82, 2.24) is 14.9 Å². The first-order chi connectivity index (χ1) is 16.1. The van der Waals surface area contributed by atoms with E-state index in [4.69, 9.17) is 9.88 Å². The molecule has 4 rings (SSSR count). The molecule has 1 amide bonds. The average molecular weight is 492 g/mol. The number of nitrogens with one attached hydrogen (secondary N) is 1. The van der Waals surface area contributed by atoms with Crippen molar-refractivity contribution in [3.63, 3.8) is 0 Å². The molecule has 5 atom stereocenters. The van der Waals surface area contributed by atoms with Crippen LogP contribution in [0.4, 0.5) is 5.82 Å². The standard InChI is InChI=1S/C22H29N5O6S/c1-27(2)22(29)17-8-13-5-3-4-6-16(13)21(17)26-19-10-20(25-12-24-19)33-15-7-14(18(28)9-15)11-32-34(23,30)31/h3-6,10,12,14-15,17-18,21,28H,7-9,11H2,1-2H3,(H2,23,30,31)(H,24,25,26)/t14-,15+,17-,18-,21+/m0/s1. The van der Waals surface area contributed by atoms with E-state index in [1.54, 1.807) is 25.1 Å². The molecule has 0 saturated heterocycles. The Morgan fingerprint density at radius 1 is 1.26 bits per heavy atom. The molecule has 1 aromatic heterocycles. The number of ether oxygens (including phenoxy) is 1. The highest BCUT2D eigenvalue weighted by Gasteiger charge is 2.38. The minimum atomic E-state index is -4.07. The van der Waals surface area contributed by atoms with Crippen LogP contribution in [0.1, 0.15) is 30.0 Å². The third-order valence-electron chi connectivity index (χ3n) is 6.28. The summed E-state index contributed by atoms with van der Waals surface area (Å²) in [5.41, 5.74) is 2.18. The quantitative estimate of drug-likeness (QED) is 0.482. The van der Waals surface area contributed by atoms with Gasteiger partial charge in [-0.1, -0.05) is 24.3 Å². The van der Waals surface area contributed by atoms with Gasteiger partial charge < -0.3 is 20.1 Å². The van der Waals surface area contributed by atoms with Crippen LogP contribution in [0.2, 0.25) is 0 Å². The molecule has 12 heteroatoms. The van der Waals surface area contributed by atoms with Crippen molar-refractivity contribution < 1.29 is 27.2 Å². The number of amides is 1. The Bertz CT molecular complexity index is 1140. The number of anilines is 1. The van der Waals surface area contributed by atoms with Crippen LogP contribution in [-0.2, 0) is 25.7 Å². The highest BCUT2D eigenvalue weighted by Crippen LogP contribution is 2.39. The lowest BCUT2D eigenvalue weighted by Gasteiger charge is -2.24. The smallest absolute Gasteiger partial charge is 0.333 e. The van der Waals surface area contributed by atoms with Crippen molar-refractivity contribution in [2.75, 3.05) is 26.0 Å². The summed E-state index contributed by atoms with van der Waals surface area (Å²) in [6.45, 7) is -0.210. The van der Waals surface area contributed by atoms with Crippen LogP contribution in [0.15, 0.2) is 36.7 Å². The second-order valence-corrected chi connectivity index (χ2v) is 10.1. The van der Waals surface area contributed by atoms with Crippen molar-refractivity contribution in [3.8, 4) is 5.88 Å². The van der Waals surface area contributed by atoms with Crippen molar-refractivity contribution in [2.45, 2.75) is 37.5 Å². The van der Waals surface area contributed by atoms with E-state index in [2.05, 4.69) is 19.5 Å². The molecular formula is C22H29N5O6S. The molecule has 0 bridgehead atoms. The van der Waals surface area contributed by atoms with Gasteiger partial charge in [-0.25, -0.2) is 15.1 Å². The molecule has 2 aromatic rings. The maximum absolute atomic E-state index is 12.8. The lowest BCUT2D eigenvalue weighted by Crippen LogP contribution is -2.34. The molecule has 0 radical (unpaired) electrons. The van der Waals surface area contributed by atoms with Gasteiger partial charge in [0, 0.05) is 32.5 Å². The summed E-state index contributed by atoms with van der Waals surface area (Å²) >= 11 is 0. The Balaban J connectivity index is 1.45. The molecule has 0 aliphatic heterocycles. The third-order valence-corrected chi connectivity index (χ3v) is 6.75. The molecule has 1 aromatic carbocycles. The molecule has 0 unspecified atom stereocenters. The number of aromatic nitrogens is 2. The predicted octanol–water partition coefficient (Wildman–Crippen LogP) is 0.629. The minimum absolute atomic E-state index is 0.0342. The zero-order chi connectivity index (χ0) is 24.5. The molecule has 4 N–H and O–H groups in total. The van der Waals surface area contributed by atoms with Crippen LogP contribution in [0.25, 0.3) is 0 Å². The monoisotopic (exact) mass is 491 g/mol. The molecule has 184 valence electrons. The summed E-state index contributed by atoms with van der Waals surface area (Å²) in [6, 6.07) is 9.36. The maximum atomic E-state index is 12.8. The molecular weight excluding hydrogens is 462 g/mol. The van der Waals surface area contributed by atoms with E-state index in [1.165, 1.54) is 6.33 Å². The van der Waals surface area contributed by atoms with Gasteiger partial charge in [-0.05, 0) is 24.0 Å². The molecule has 0 spiro atoms. The van der Waals surface area contributed by atoms with E-state index >= 15 is 0 Å². The van der Waals surface area contributed by atoms with E-state index in [9.17, 15) is 18.3 Å². The van der Waals surface area contributed by atoms with Crippen molar-refractivity contribution >= 4 is 22.0 Å². The topological polar surface area (TPSA) is 157 Å². The maximum Gasteiger partial charge on any atom is 0.333 e. The van der Waals surface area contributed by atoms with Gasteiger partial charge in [0.25, 0.3) is 0 Å². The number of hydrogen-bond donors (Lipinski definition) is 3. The first-order valence-electron chi connectivity index (χ1n) is 11.0. The van der Waals surface area contributed by atoms with Gasteiger partial charge in [0.15, 0.2) is 0 Å². The normalized spacial score (nSPS) is 26.2. The predicted molar refractivity (Wildman–Crippen MR) is 123 cm³/mol. The van der Waals surface area contributed by atoms with Crippen molar-refractivity contribution in [3.05, 3.63) is 47.8 Å². The van der Waals surface area contributed by atoms with E-state index in [0.29, 0.717) is 31.0 Å². The van der Waals surface area contributed by atoms with Gasteiger partial charge in [0.2, 0.25) is 11.8 Å². The fraction of sp³-hybridized carbons (Fsp3) is 0.500. The fourth-order valence-electron chi connectivity index (χ4n) is 4.66. The Labute approximate surface area is 198 Å². The fourth-order valence-corrected chi connectivity index (χ4v) is 5.02. The van der Waals surface area contributed by atoms with Gasteiger partial charge in [0.05, 0.1) is 24.7 Å². The van der Waals surface area contributed by atoms with Crippen LogP contribution in [0, 0.1) is 11.8 Å². The van der Waals surface area contributed by atoms with E-state index in [1.807, 2.05) is 24.3 Å². The number of carbonyl (C=O) groups is 1.